The average molecular weight is 433 g/mol. The second-order valence-electron chi connectivity index (χ2n) is 8.11. The summed E-state index contributed by atoms with van der Waals surface area (Å²) < 4.78 is 5.28. The minimum Gasteiger partial charge on any atom is -0.393 e. The van der Waals surface area contributed by atoms with Crippen molar-refractivity contribution < 1.29 is 4.74 Å². The van der Waals surface area contributed by atoms with Gasteiger partial charge in [-0.25, -0.2) is 4.98 Å². The zero-order chi connectivity index (χ0) is 22.7. The minimum absolute atomic E-state index is 0.216. The third kappa shape index (κ3) is 4.52. The summed E-state index contributed by atoms with van der Waals surface area (Å²) in [6, 6.07) is 7.93. The van der Waals surface area contributed by atoms with Crippen LogP contribution in [0.5, 0.6) is 0 Å². The maximum absolute atomic E-state index is 8.70. The van der Waals surface area contributed by atoms with Gasteiger partial charge >= 0.3 is 0 Å². The van der Waals surface area contributed by atoms with E-state index in [0.29, 0.717) is 36.6 Å². The van der Waals surface area contributed by atoms with E-state index in [1.165, 1.54) is 0 Å². The predicted octanol–water partition coefficient (Wildman–Crippen LogP) is 3.15. The summed E-state index contributed by atoms with van der Waals surface area (Å²) in [5.41, 5.74) is 4.16. The number of amidine groups is 1. The molecular weight excluding hydrogens is 404 g/mol. The molecule has 3 N–H and O–H groups in total. The van der Waals surface area contributed by atoms with Crippen LogP contribution in [0.2, 0.25) is 0 Å². The first-order chi connectivity index (χ1) is 15.5. The highest BCUT2D eigenvalue weighted by Crippen LogP contribution is 2.24. The molecule has 0 aromatic carbocycles. The zero-order valence-corrected chi connectivity index (χ0v) is 18.8. The number of nitrogens with zero attached hydrogens (tertiary/aromatic N) is 5. The Balaban J connectivity index is 1.63. The van der Waals surface area contributed by atoms with Crippen LogP contribution in [0.1, 0.15) is 30.9 Å². The minimum atomic E-state index is 0.216. The van der Waals surface area contributed by atoms with Crippen LogP contribution in [-0.2, 0) is 4.74 Å². The maximum atomic E-state index is 8.70. The van der Waals surface area contributed by atoms with E-state index in [1.807, 2.05) is 49.5 Å². The Hall–Kier alpha value is -3.59. The Morgan fingerprint density at radius 1 is 1.19 bits per heavy atom. The topological polar surface area (TPSA) is 112 Å². The lowest BCUT2D eigenvalue weighted by atomic mass is 10.0. The highest BCUT2D eigenvalue weighted by Gasteiger charge is 2.27. The third-order valence-electron chi connectivity index (χ3n) is 5.51. The number of aromatic nitrogens is 4. The van der Waals surface area contributed by atoms with Crippen LogP contribution in [0.3, 0.4) is 0 Å². The van der Waals surface area contributed by atoms with Crippen molar-refractivity contribution >= 4 is 34.1 Å². The van der Waals surface area contributed by atoms with Crippen LogP contribution in [0.15, 0.2) is 42.9 Å². The second kappa shape index (κ2) is 9.27. The van der Waals surface area contributed by atoms with Crippen molar-refractivity contribution in [1.29, 1.82) is 5.41 Å². The van der Waals surface area contributed by atoms with E-state index >= 15 is 0 Å². The SMILES string of the molecule is CN/C=C(\C(=N)N(C)C1COC1)c1cnc2ccc(Nc3cc(C(C)C)cnn3)nc2c1. The van der Waals surface area contributed by atoms with Crippen molar-refractivity contribution in [2.75, 3.05) is 32.6 Å². The highest BCUT2D eigenvalue weighted by atomic mass is 16.5. The fourth-order valence-electron chi connectivity index (χ4n) is 3.37. The Labute approximate surface area is 187 Å². The summed E-state index contributed by atoms with van der Waals surface area (Å²) in [5.74, 6) is 2.07. The fraction of sp³-hybridized carbons (Fsp3) is 0.348. The number of hydrogen-bond donors (Lipinski definition) is 3. The van der Waals surface area contributed by atoms with Gasteiger partial charge in [0.2, 0.25) is 0 Å². The Bertz CT molecular complexity index is 1160. The van der Waals surface area contributed by atoms with Crippen LogP contribution in [0.4, 0.5) is 11.6 Å². The molecule has 0 bridgehead atoms. The van der Waals surface area contributed by atoms with E-state index in [1.54, 1.807) is 12.4 Å². The summed E-state index contributed by atoms with van der Waals surface area (Å²) in [5, 5.41) is 23.2. The van der Waals surface area contributed by atoms with Crippen LogP contribution < -0.4 is 10.6 Å². The lowest BCUT2D eigenvalue weighted by molar-refractivity contribution is -0.0344. The molecule has 4 heterocycles. The zero-order valence-electron chi connectivity index (χ0n) is 18.8. The smallest absolute Gasteiger partial charge is 0.154 e. The van der Waals surface area contributed by atoms with Gasteiger partial charge in [-0.1, -0.05) is 13.8 Å². The molecule has 1 saturated heterocycles. The number of likely N-dealkylation sites (N-methyl/N-ethyl adjacent to an activating group) is 1. The van der Waals surface area contributed by atoms with Crippen molar-refractivity contribution in [3.05, 3.63) is 54.0 Å². The molecule has 3 aromatic heterocycles. The van der Waals surface area contributed by atoms with Crippen LogP contribution >= 0.6 is 0 Å². The molecule has 9 heteroatoms. The van der Waals surface area contributed by atoms with Gasteiger partial charge in [0.25, 0.3) is 0 Å². The molecular formula is C23H28N8O. The van der Waals surface area contributed by atoms with Gasteiger partial charge in [-0.05, 0) is 35.7 Å². The van der Waals surface area contributed by atoms with Crippen molar-refractivity contribution in [2.45, 2.75) is 25.8 Å². The summed E-state index contributed by atoms with van der Waals surface area (Å²) >= 11 is 0. The summed E-state index contributed by atoms with van der Waals surface area (Å²) in [7, 11) is 3.74. The lowest BCUT2D eigenvalue weighted by Crippen LogP contribution is -2.49. The molecule has 32 heavy (non-hydrogen) atoms. The van der Waals surface area contributed by atoms with Gasteiger partial charge in [0.1, 0.15) is 11.7 Å². The van der Waals surface area contributed by atoms with E-state index in [4.69, 9.17) is 15.1 Å². The van der Waals surface area contributed by atoms with E-state index in [2.05, 4.69) is 39.7 Å². The Kier molecular flexibility index (Phi) is 6.27. The third-order valence-corrected chi connectivity index (χ3v) is 5.51. The summed E-state index contributed by atoms with van der Waals surface area (Å²) in [4.78, 5) is 11.2. The number of anilines is 2. The van der Waals surface area contributed by atoms with E-state index in [9.17, 15) is 0 Å². The number of rotatable bonds is 7. The monoisotopic (exact) mass is 432 g/mol. The molecule has 4 rings (SSSR count). The summed E-state index contributed by atoms with van der Waals surface area (Å²) in [6.45, 7) is 5.51. The summed E-state index contributed by atoms with van der Waals surface area (Å²) in [6.07, 6.45) is 5.37. The number of nitrogens with one attached hydrogen (secondary N) is 3. The lowest BCUT2D eigenvalue weighted by Gasteiger charge is -2.36. The molecule has 0 spiro atoms. The van der Waals surface area contributed by atoms with E-state index < -0.39 is 0 Å². The van der Waals surface area contributed by atoms with Crippen molar-refractivity contribution in [3.8, 4) is 0 Å². The largest absolute Gasteiger partial charge is 0.393 e. The van der Waals surface area contributed by atoms with Crippen molar-refractivity contribution in [2.24, 2.45) is 0 Å². The normalized spacial score (nSPS) is 14.3. The highest BCUT2D eigenvalue weighted by molar-refractivity contribution is 6.21. The molecule has 166 valence electrons. The quantitative estimate of drug-likeness (QED) is 0.386. The molecule has 0 radical (unpaired) electrons. The van der Waals surface area contributed by atoms with Gasteiger partial charge in [-0.15, -0.1) is 5.10 Å². The van der Waals surface area contributed by atoms with Gasteiger partial charge in [0.05, 0.1) is 36.5 Å². The van der Waals surface area contributed by atoms with Gasteiger partial charge in [0, 0.05) is 37.6 Å². The van der Waals surface area contributed by atoms with E-state index in [-0.39, 0.29) is 6.04 Å². The van der Waals surface area contributed by atoms with E-state index in [0.717, 1.165) is 27.7 Å². The van der Waals surface area contributed by atoms with Crippen molar-refractivity contribution in [3.63, 3.8) is 0 Å². The van der Waals surface area contributed by atoms with Gasteiger partial charge in [0.15, 0.2) is 5.82 Å². The molecule has 0 saturated carbocycles. The molecule has 3 aromatic rings. The first kappa shape index (κ1) is 21.6. The van der Waals surface area contributed by atoms with Crippen LogP contribution in [0.25, 0.3) is 16.6 Å². The Morgan fingerprint density at radius 3 is 2.69 bits per heavy atom. The number of ether oxygens (including phenoxy) is 1. The van der Waals surface area contributed by atoms with Gasteiger partial charge < -0.3 is 20.3 Å². The molecule has 1 aliphatic rings. The number of fused-ring (bicyclic) bond motifs is 1. The molecule has 0 unspecified atom stereocenters. The molecule has 0 atom stereocenters. The van der Waals surface area contributed by atoms with Gasteiger partial charge in [-0.3, -0.25) is 10.4 Å². The van der Waals surface area contributed by atoms with Gasteiger partial charge in [-0.2, -0.15) is 5.10 Å². The second-order valence-corrected chi connectivity index (χ2v) is 8.11. The molecule has 1 aliphatic heterocycles. The average Bonchev–Trinajstić information content (AvgIpc) is 2.75. The first-order valence-corrected chi connectivity index (χ1v) is 10.6. The molecule has 1 fully saturated rings. The molecule has 0 aliphatic carbocycles. The molecule has 9 nitrogen and oxygen atoms in total. The number of hydrogen-bond acceptors (Lipinski definition) is 8. The predicted molar refractivity (Wildman–Crippen MR) is 126 cm³/mol. The Morgan fingerprint density at radius 2 is 2.00 bits per heavy atom. The molecule has 0 amide bonds. The fourth-order valence-corrected chi connectivity index (χ4v) is 3.37. The standard InChI is InChI=1S/C23H28N8O/c1-14(2)15-8-22(30-27-10-15)29-21-6-5-19-20(28-21)7-16(9-26-19)18(11-25-3)23(24)31(4)17-12-32-13-17/h5-11,14,17,24-25H,12-13H2,1-4H3,(H,28,29,30)/b18-11-,24-23?. The maximum Gasteiger partial charge on any atom is 0.154 e. The van der Waals surface area contributed by atoms with Crippen LogP contribution in [0, 0.1) is 5.41 Å². The first-order valence-electron chi connectivity index (χ1n) is 10.6. The van der Waals surface area contributed by atoms with Crippen LogP contribution in [-0.4, -0.2) is 64.3 Å². The van der Waals surface area contributed by atoms with Crippen molar-refractivity contribution in [1.82, 2.24) is 30.4 Å². The number of pyridine rings is 2.